The highest BCUT2D eigenvalue weighted by Gasteiger charge is 2.29. The van der Waals surface area contributed by atoms with Gasteiger partial charge in [0.05, 0.1) is 11.6 Å². The van der Waals surface area contributed by atoms with E-state index in [0.29, 0.717) is 6.61 Å². The topological polar surface area (TPSA) is 48.1 Å². The van der Waals surface area contributed by atoms with Crippen molar-refractivity contribution in [2.24, 2.45) is 5.73 Å². The first kappa shape index (κ1) is 13.0. The molecule has 2 aromatic rings. The van der Waals surface area contributed by atoms with Crippen molar-refractivity contribution >= 4 is 10.8 Å². The van der Waals surface area contributed by atoms with Crippen LogP contribution in [0.15, 0.2) is 36.7 Å². The summed E-state index contributed by atoms with van der Waals surface area (Å²) in [6, 6.07) is 7.95. The maximum absolute atomic E-state index is 6.36. The maximum Gasteiger partial charge on any atom is 0.0818 e. The van der Waals surface area contributed by atoms with E-state index in [-0.39, 0.29) is 6.04 Å². The van der Waals surface area contributed by atoms with Crippen molar-refractivity contribution < 1.29 is 4.74 Å². The molecule has 0 saturated heterocycles. The minimum Gasteiger partial charge on any atom is -0.374 e. The van der Waals surface area contributed by atoms with Gasteiger partial charge in [-0.15, -0.1) is 0 Å². The van der Waals surface area contributed by atoms with Gasteiger partial charge >= 0.3 is 0 Å². The Hall–Kier alpha value is -1.45. The second-order valence-corrected chi connectivity index (χ2v) is 4.96. The van der Waals surface area contributed by atoms with Crippen molar-refractivity contribution in [1.82, 2.24) is 4.98 Å². The molecule has 1 heterocycles. The van der Waals surface area contributed by atoms with Crippen LogP contribution < -0.4 is 5.73 Å². The second-order valence-electron chi connectivity index (χ2n) is 4.96. The van der Waals surface area contributed by atoms with Gasteiger partial charge in [0.1, 0.15) is 0 Å². The molecule has 0 bridgehead atoms. The summed E-state index contributed by atoms with van der Waals surface area (Å²) in [4.78, 5) is 4.27. The van der Waals surface area contributed by atoms with E-state index in [0.717, 1.165) is 16.3 Å². The smallest absolute Gasteiger partial charge is 0.0818 e. The first-order chi connectivity index (χ1) is 8.56. The molecule has 3 heteroatoms. The zero-order chi connectivity index (χ0) is 13.2. The van der Waals surface area contributed by atoms with Crippen molar-refractivity contribution in [3.63, 3.8) is 0 Å². The molecule has 1 aromatic heterocycles. The number of nitrogens with zero attached hydrogens (tertiary/aromatic N) is 1. The minimum atomic E-state index is -0.402. The fourth-order valence-electron chi connectivity index (χ4n) is 2.22. The minimum absolute atomic E-state index is 0.198. The van der Waals surface area contributed by atoms with Crippen LogP contribution in [0.5, 0.6) is 0 Å². The molecular formula is C15H20N2O. The average molecular weight is 244 g/mol. The fraction of sp³-hybridized carbons (Fsp3) is 0.400. The molecule has 0 spiro atoms. The highest BCUT2D eigenvalue weighted by molar-refractivity contribution is 5.85. The van der Waals surface area contributed by atoms with Crippen molar-refractivity contribution in [2.75, 3.05) is 6.61 Å². The Kier molecular flexibility index (Phi) is 3.64. The lowest BCUT2D eigenvalue weighted by atomic mass is 9.90. The Bertz CT molecular complexity index is 532. The molecule has 18 heavy (non-hydrogen) atoms. The second kappa shape index (κ2) is 5.04. The third kappa shape index (κ3) is 2.37. The summed E-state index contributed by atoms with van der Waals surface area (Å²) in [6.07, 6.45) is 3.70. The van der Waals surface area contributed by atoms with Crippen LogP contribution in [-0.4, -0.2) is 17.2 Å². The van der Waals surface area contributed by atoms with E-state index < -0.39 is 5.60 Å². The van der Waals surface area contributed by atoms with E-state index in [1.54, 1.807) is 0 Å². The predicted molar refractivity (Wildman–Crippen MR) is 74.4 cm³/mol. The Morgan fingerprint density at radius 2 is 2.00 bits per heavy atom. The zero-order valence-electron chi connectivity index (χ0n) is 11.2. The Morgan fingerprint density at radius 1 is 1.28 bits per heavy atom. The van der Waals surface area contributed by atoms with Gasteiger partial charge in [-0.1, -0.05) is 24.3 Å². The van der Waals surface area contributed by atoms with E-state index in [1.165, 1.54) is 0 Å². The molecule has 1 aromatic carbocycles. The van der Waals surface area contributed by atoms with E-state index in [4.69, 9.17) is 10.5 Å². The Balaban J connectivity index is 2.48. The predicted octanol–water partition coefficient (Wildman–Crippen LogP) is 3.05. The summed E-state index contributed by atoms with van der Waals surface area (Å²) in [7, 11) is 0. The van der Waals surface area contributed by atoms with Crippen molar-refractivity contribution in [2.45, 2.75) is 32.4 Å². The molecule has 96 valence electrons. The van der Waals surface area contributed by atoms with E-state index in [1.807, 2.05) is 51.4 Å². The Morgan fingerprint density at radius 3 is 2.72 bits per heavy atom. The first-order valence-corrected chi connectivity index (χ1v) is 6.28. The fourth-order valence-corrected chi connectivity index (χ4v) is 2.22. The van der Waals surface area contributed by atoms with Crippen LogP contribution >= 0.6 is 0 Å². The van der Waals surface area contributed by atoms with Crippen LogP contribution in [0, 0.1) is 0 Å². The number of hydrogen-bond acceptors (Lipinski definition) is 3. The van der Waals surface area contributed by atoms with Gasteiger partial charge in [0.25, 0.3) is 0 Å². The van der Waals surface area contributed by atoms with Crippen LogP contribution in [0.1, 0.15) is 32.4 Å². The third-order valence-corrected chi connectivity index (χ3v) is 3.30. The lowest BCUT2D eigenvalue weighted by Crippen LogP contribution is -2.38. The molecule has 2 N–H and O–H groups in total. The van der Waals surface area contributed by atoms with Crippen molar-refractivity contribution in [3.05, 3.63) is 42.2 Å². The molecule has 0 fully saturated rings. The van der Waals surface area contributed by atoms with Crippen LogP contribution in [-0.2, 0) is 4.74 Å². The summed E-state index contributed by atoms with van der Waals surface area (Å²) >= 11 is 0. The molecule has 1 atom stereocenters. The molecule has 0 aliphatic carbocycles. The van der Waals surface area contributed by atoms with Gasteiger partial charge < -0.3 is 10.5 Å². The van der Waals surface area contributed by atoms with Crippen molar-refractivity contribution in [3.8, 4) is 0 Å². The van der Waals surface area contributed by atoms with Gasteiger partial charge in [-0.25, -0.2) is 0 Å². The largest absolute Gasteiger partial charge is 0.374 e. The van der Waals surface area contributed by atoms with E-state index in [9.17, 15) is 0 Å². The van der Waals surface area contributed by atoms with E-state index in [2.05, 4.69) is 11.1 Å². The SMILES string of the molecule is CCOC(C)(C)C(N)c1cncc2ccccc12. The number of ether oxygens (including phenoxy) is 1. The van der Waals surface area contributed by atoms with Gasteiger partial charge in [0.15, 0.2) is 0 Å². The Labute approximate surface area is 108 Å². The molecule has 0 saturated carbocycles. The highest BCUT2D eigenvalue weighted by atomic mass is 16.5. The molecule has 1 unspecified atom stereocenters. The first-order valence-electron chi connectivity index (χ1n) is 6.28. The van der Waals surface area contributed by atoms with Gasteiger partial charge in [-0.3, -0.25) is 4.98 Å². The summed E-state index contributed by atoms with van der Waals surface area (Å²) in [5.41, 5.74) is 6.99. The average Bonchev–Trinajstić information content (AvgIpc) is 2.37. The monoisotopic (exact) mass is 244 g/mol. The molecular weight excluding hydrogens is 224 g/mol. The van der Waals surface area contributed by atoms with Crippen LogP contribution in [0.4, 0.5) is 0 Å². The van der Waals surface area contributed by atoms with Gasteiger partial charge in [0, 0.05) is 24.4 Å². The molecule has 3 nitrogen and oxygen atoms in total. The standard InChI is InChI=1S/C15H20N2O/c1-4-18-15(2,3)14(16)13-10-17-9-11-7-5-6-8-12(11)13/h5-10,14H,4,16H2,1-3H3. The quantitative estimate of drug-likeness (QED) is 0.899. The summed E-state index contributed by atoms with van der Waals surface area (Å²) < 4.78 is 5.74. The number of rotatable bonds is 4. The lowest BCUT2D eigenvalue weighted by Gasteiger charge is -2.32. The van der Waals surface area contributed by atoms with Gasteiger partial charge in [-0.05, 0) is 31.7 Å². The van der Waals surface area contributed by atoms with Crippen LogP contribution in [0.3, 0.4) is 0 Å². The van der Waals surface area contributed by atoms with Crippen LogP contribution in [0.25, 0.3) is 10.8 Å². The number of benzene rings is 1. The van der Waals surface area contributed by atoms with Crippen LogP contribution in [0.2, 0.25) is 0 Å². The summed E-state index contributed by atoms with van der Waals surface area (Å²) in [6.45, 7) is 6.67. The molecule has 0 aliphatic rings. The molecule has 0 aliphatic heterocycles. The molecule has 0 amide bonds. The molecule has 0 radical (unpaired) electrons. The lowest BCUT2D eigenvalue weighted by molar-refractivity contribution is -0.0295. The highest BCUT2D eigenvalue weighted by Crippen LogP contribution is 2.30. The molecule has 2 rings (SSSR count). The van der Waals surface area contributed by atoms with Crippen molar-refractivity contribution in [1.29, 1.82) is 0 Å². The number of hydrogen-bond donors (Lipinski definition) is 1. The normalized spacial score (nSPS) is 13.8. The number of pyridine rings is 1. The number of nitrogens with two attached hydrogens (primary N) is 1. The summed E-state index contributed by atoms with van der Waals surface area (Å²) in [5, 5.41) is 2.26. The van der Waals surface area contributed by atoms with Gasteiger partial charge in [-0.2, -0.15) is 0 Å². The zero-order valence-corrected chi connectivity index (χ0v) is 11.2. The van der Waals surface area contributed by atoms with E-state index >= 15 is 0 Å². The van der Waals surface area contributed by atoms with Gasteiger partial charge in [0.2, 0.25) is 0 Å². The number of fused-ring (bicyclic) bond motifs is 1. The number of aromatic nitrogens is 1. The summed E-state index contributed by atoms with van der Waals surface area (Å²) in [5.74, 6) is 0. The maximum atomic E-state index is 6.36. The third-order valence-electron chi connectivity index (χ3n) is 3.30.